The van der Waals surface area contributed by atoms with Gasteiger partial charge in [0.25, 0.3) is 5.56 Å². The summed E-state index contributed by atoms with van der Waals surface area (Å²) >= 11 is 0. The first-order chi connectivity index (χ1) is 17.7. The molecule has 1 saturated heterocycles. The third-order valence-electron chi connectivity index (χ3n) is 7.02. The Labute approximate surface area is 217 Å². The van der Waals surface area contributed by atoms with Gasteiger partial charge >= 0.3 is 0 Å². The monoisotopic (exact) mass is 531 g/mol. The van der Waals surface area contributed by atoms with Crippen LogP contribution in [0, 0.1) is 5.92 Å². The number of aryl methyl sites for hydroxylation is 2. The molecular formula is C26H37N5O5S. The average Bonchev–Trinajstić information content (AvgIpc) is 3.20. The van der Waals surface area contributed by atoms with Crippen molar-refractivity contribution in [1.82, 2.24) is 24.1 Å². The van der Waals surface area contributed by atoms with Crippen LogP contribution in [0.3, 0.4) is 0 Å². The molecule has 1 aliphatic heterocycles. The van der Waals surface area contributed by atoms with Crippen LogP contribution in [0.2, 0.25) is 0 Å². The summed E-state index contributed by atoms with van der Waals surface area (Å²) in [5.74, 6) is 0.788. The molecule has 1 unspecified atom stereocenters. The van der Waals surface area contributed by atoms with E-state index in [0.29, 0.717) is 61.3 Å². The highest BCUT2D eigenvalue weighted by Crippen LogP contribution is 2.33. The molecule has 0 spiro atoms. The Morgan fingerprint density at radius 2 is 1.92 bits per heavy atom. The lowest BCUT2D eigenvalue weighted by molar-refractivity contribution is 0.0687. The molecule has 2 N–H and O–H groups in total. The van der Waals surface area contributed by atoms with Crippen LogP contribution in [0.1, 0.15) is 58.6 Å². The Morgan fingerprint density at radius 1 is 1.19 bits per heavy atom. The summed E-state index contributed by atoms with van der Waals surface area (Å²) < 4.78 is 35.9. The van der Waals surface area contributed by atoms with Crippen molar-refractivity contribution in [2.24, 2.45) is 13.0 Å². The van der Waals surface area contributed by atoms with Crippen molar-refractivity contribution >= 4 is 21.1 Å². The molecule has 0 radical (unpaired) electrons. The van der Waals surface area contributed by atoms with Crippen LogP contribution in [0.25, 0.3) is 22.4 Å². The van der Waals surface area contributed by atoms with E-state index < -0.39 is 16.1 Å². The lowest BCUT2D eigenvalue weighted by Crippen LogP contribution is -2.41. The Balaban J connectivity index is 1.72. The van der Waals surface area contributed by atoms with Gasteiger partial charge in [-0.15, -0.1) is 0 Å². The zero-order chi connectivity index (χ0) is 26.7. The van der Waals surface area contributed by atoms with E-state index in [1.165, 1.54) is 21.1 Å². The van der Waals surface area contributed by atoms with Crippen LogP contribution in [0.15, 0.2) is 27.9 Å². The Morgan fingerprint density at radius 3 is 2.57 bits per heavy atom. The van der Waals surface area contributed by atoms with Gasteiger partial charge < -0.3 is 14.8 Å². The number of aliphatic hydroxyl groups excluding tert-OH is 1. The molecule has 0 saturated carbocycles. The van der Waals surface area contributed by atoms with Gasteiger partial charge in [0.05, 0.1) is 28.9 Å². The number of fused-ring (bicyclic) bond motifs is 1. The van der Waals surface area contributed by atoms with Crippen molar-refractivity contribution in [2.75, 3.05) is 19.7 Å². The summed E-state index contributed by atoms with van der Waals surface area (Å²) in [5, 5.41) is 14.8. The van der Waals surface area contributed by atoms with Gasteiger partial charge in [0, 0.05) is 20.1 Å². The Hall–Kier alpha value is -2.76. The zero-order valence-electron chi connectivity index (χ0n) is 22.0. The van der Waals surface area contributed by atoms with Crippen LogP contribution in [0.5, 0.6) is 5.75 Å². The molecule has 10 nitrogen and oxygen atoms in total. The molecule has 202 valence electrons. The normalized spacial score (nSPS) is 16.4. The molecule has 3 aromatic rings. The summed E-state index contributed by atoms with van der Waals surface area (Å²) in [6.45, 7) is 6.98. The van der Waals surface area contributed by atoms with Crippen molar-refractivity contribution < 1.29 is 18.3 Å². The average molecular weight is 532 g/mol. The second-order valence-corrected chi connectivity index (χ2v) is 11.6. The first kappa shape index (κ1) is 27.3. The summed E-state index contributed by atoms with van der Waals surface area (Å²) in [6, 6.07) is 4.67. The number of hydrogen-bond donors (Lipinski definition) is 2. The smallest absolute Gasteiger partial charge is 0.277 e. The quantitative estimate of drug-likeness (QED) is 0.411. The molecule has 1 aromatic carbocycles. The van der Waals surface area contributed by atoms with Crippen molar-refractivity contribution in [3.8, 4) is 17.1 Å². The first-order valence-electron chi connectivity index (χ1n) is 13.1. The highest BCUT2D eigenvalue weighted by Gasteiger charge is 2.32. The predicted molar refractivity (Wildman–Crippen MR) is 142 cm³/mol. The molecule has 2 aromatic heterocycles. The van der Waals surface area contributed by atoms with E-state index in [2.05, 4.69) is 10.1 Å². The van der Waals surface area contributed by atoms with Crippen LogP contribution in [0.4, 0.5) is 0 Å². The lowest BCUT2D eigenvalue weighted by Gasteiger charge is -2.33. The molecule has 1 atom stereocenters. The third kappa shape index (κ3) is 5.44. The second-order valence-electron chi connectivity index (χ2n) is 9.62. The number of aromatic nitrogens is 4. The third-order valence-corrected chi connectivity index (χ3v) is 8.91. The summed E-state index contributed by atoms with van der Waals surface area (Å²) in [6.07, 6.45) is 3.99. The molecule has 1 aliphatic rings. The van der Waals surface area contributed by atoms with E-state index in [0.717, 1.165) is 25.0 Å². The van der Waals surface area contributed by atoms with Crippen LogP contribution >= 0.6 is 0 Å². The number of sulfonamides is 1. The minimum atomic E-state index is -3.79. The van der Waals surface area contributed by atoms with Gasteiger partial charge in [-0.05, 0) is 56.7 Å². The molecule has 0 amide bonds. The predicted octanol–water partition coefficient (Wildman–Crippen LogP) is 3.24. The summed E-state index contributed by atoms with van der Waals surface area (Å²) in [5.41, 5.74) is 1.66. The standard InChI is InChI=1S/C26H37N5O5S/c1-5-8-20-23-24(30(4)29-20)26(33)28-25(27-23)19-16-18(10-11-22(19)36-7-3)37(34,35)31-14-12-17(13-15-31)21(32)9-6-2/h10-11,16-17,21,32H,5-9,12-15H2,1-4H3,(H,27,28,33). The van der Waals surface area contributed by atoms with Crippen LogP contribution < -0.4 is 10.3 Å². The molecular weight excluding hydrogens is 494 g/mol. The van der Waals surface area contributed by atoms with E-state index in [9.17, 15) is 18.3 Å². The minimum absolute atomic E-state index is 0.111. The topological polar surface area (TPSA) is 130 Å². The number of aliphatic hydroxyl groups is 1. The van der Waals surface area contributed by atoms with Crippen molar-refractivity contribution in [3.05, 3.63) is 34.2 Å². The summed E-state index contributed by atoms with van der Waals surface area (Å²) in [7, 11) is -2.08. The molecule has 11 heteroatoms. The first-order valence-corrected chi connectivity index (χ1v) is 14.6. The molecule has 0 aliphatic carbocycles. The number of H-pyrrole nitrogens is 1. The lowest BCUT2D eigenvalue weighted by atomic mass is 9.90. The highest BCUT2D eigenvalue weighted by molar-refractivity contribution is 7.89. The summed E-state index contributed by atoms with van der Waals surface area (Å²) in [4.78, 5) is 20.6. The van der Waals surface area contributed by atoms with Gasteiger partial charge in [-0.25, -0.2) is 13.4 Å². The molecule has 1 fully saturated rings. The number of nitrogens with zero attached hydrogens (tertiary/aromatic N) is 4. The minimum Gasteiger partial charge on any atom is -0.493 e. The second kappa shape index (κ2) is 11.3. The van der Waals surface area contributed by atoms with Gasteiger partial charge in [0.2, 0.25) is 10.0 Å². The highest BCUT2D eigenvalue weighted by atomic mass is 32.2. The number of nitrogens with one attached hydrogen (secondary N) is 1. The number of rotatable bonds is 10. The number of ether oxygens (including phenoxy) is 1. The number of benzene rings is 1. The van der Waals surface area contributed by atoms with Crippen molar-refractivity contribution in [3.63, 3.8) is 0 Å². The number of hydrogen-bond acceptors (Lipinski definition) is 7. The molecule has 37 heavy (non-hydrogen) atoms. The van der Waals surface area contributed by atoms with Crippen molar-refractivity contribution in [1.29, 1.82) is 0 Å². The molecule has 0 bridgehead atoms. The fourth-order valence-corrected chi connectivity index (χ4v) is 6.59. The van der Waals surface area contributed by atoms with Gasteiger partial charge in [-0.1, -0.05) is 26.7 Å². The Kier molecular flexibility index (Phi) is 8.35. The SMILES string of the molecule is CCCc1nn(C)c2c(=O)[nH]c(-c3cc(S(=O)(=O)N4CCC(C(O)CCC)CC4)ccc3OCC)nc12. The molecule has 3 heterocycles. The fourth-order valence-electron chi connectivity index (χ4n) is 5.10. The van der Waals surface area contributed by atoms with E-state index in [-0.39, 0.29) is 22.2 Å². The van der Waals surface area contributed by atoms with E-state index >= 15 is 0 Å². The zero-order valence-corrected chi connectivity index (χ0v) is 22.8. The maximum absolute atomic E-state index is 13.6. The number of piperidine rings is 1. The maximum atomic E-state index is 13.6. The van der Waals surface area contributed by atoms with E-state index in [1.54, 1.807) is 13.1 Å². The van der Waals surface area contributed by atoms with E-state index in [1.807, 2.05) is 20.8 Å². The van der Waals surface area contributed by atoms with Crippen molar-refractivity contribution in [2.45, 2.75) is 70.3 Å². The maximum Gasteiger partial charge on any atom is 0.277 e. The number of aromatic amines is 1. The van der Waals surface area contributed by atoms with E-state index in [4.69, 9.17) is 9.72 Å². The van der Waals surface area contributed by atoms with Gasteiger partial charge in [-0.3, -0.25) is 9.48 Å². The largest absolute Gasteiger partial charge is 0.493 e. The van der Waals surface area contributed by atoms with Crippen LogP contribution in [-0.4, -0.2) is 63.4 Å². The van der Waals surface area contributed by atoms with Gasteiger partial charge in [-0.2, -0.15) is 9.40 Å². The van der Waals surface area contributed by atoms with Crippen LogP contribution in [-0.2, 0) is 23.5 Å². The van der Waals surface area contributed by atoms with Gasteiger partial charge in [0.15, 0.2) is 5.52 Å². The van der Waals surface area contributed by atoms with Gasteiger partial charge in [0.1, 0.15) is 17.1 Å². The molecule has 4 rings (SSSR count). The Bertz CT molecular complexity index is 1410. The fraction of sp³-hybridized carbons (Fsp3) is 0.577.